The van der Waals surface area contributed by atoms with Crippen LogP contribution in [0.25, 0.3) is 5.69 Å². The lowest BCUT2D eigenvalue weighted by atomic mass is 10.0. The van der Waals surface area contributed by atoms with Crippen LogP contribution in [0.5, 0.6) is 0 Å². The number of carbonyl (C=O) groups is 1. The molecule has 138 valence electrons. The van der Waals surface area contributed by atoms with Gasteiger partial charge in [-0.05, 0) is 40.8 Å². The highest BCUT2D eigenvalue weighted by molar-refractivity contribution is 6.31. The van der Waals surface area contributed by atoms with E-state index < -0.39 is 0 Å². The molecule has 3 aromatic carbocycles. The molecule has 0 aliphatic carbocycles. The molecule has 0 radical (unpaired) electrons. The minimum atomic E-state index is -0.103. The van der Waals surface area contributed by atoms with Crippen LogP contribution in [-0.2, 0) is 6.54 Å². The normalized spacial score (nSPS) is 10.6. The van der Waals surface area contributed by atoms with Crippen LogP contribution in [0.4, 0.5) is 5.69 Å². The van der Waals surface area contributed by atoms with Gasteiger partial charge < -0.3 is 5.32 Å². The summed E-state index contributed by atoms with van der Waals surface area (Å²) in [5.41, 5.74) is 2.63. The minimum Gasteiger partial charge on any atom is -0.377 e. The van der Waals surface area contributed by atoms with Gasteiger partial charge in [-0.3, -0.25) is 4.79 Å². The van der Waals surface area contributed by atoms with Crippen LogP contribution >= 0.6 is 11.6 Å². The lowest BCUT2D eigenvalue weighted by Crippen LogP contribution is -2.11. The third-order valence-corrected chi connectivity index (χ3v) is 4.47. The second-order valence-electron chi connectivity index (χ2n) is 6.08. The van der Waals surface area contributed by atoms with Gasteiger partial charge >= 0.3 is 0 Å². The van der Waals surface area contributed by atoms with E-state index in [1.807, 2.05) is 48.5 Å². The average molecular weight is 390 g/mol. The molecule has 0 amide bonds. The first-order valence-corrected chi connectivity index (χ1v) is 9.06. The standard InChI is InChI=1S/C21H16ClN5O/c22-16-11-12-19(18(13-16)21(28)15-7-3-1-4-8-15)23-14-20-24-25-26-27(20)17-9-5-2-6-10-17/h1-13,23H,14H2. The molecule has 0 saturated heterocycles. The largest absolute Gasteiger partial charge is 0.377 e. The molecule has 6 nitrogen and oxygen atoms in total. The number of nitrogens with one attached hydrogen (secondary N) is 1. The Balaban J connectivity index is 1.60. The summed E-state index contributed by atoms with van der Waals surface area (Å²) < 4.78 is 1.65. The second kappa shape index (κ2) is 8.02. The molecule has 4 rings (SSSR count). The zero-order chi connectivity index (χ0) is 19.3. The highest BCUT2D eigenvalue weighted by atomic mass is 35.5. The number of hydrogen-bond donors (Lipinski definition) is 1. The van der Waals surface area contributed by atoms with Crippen molar-refractivity contribution in [3.63, 3.8) is 0 Å². The van der Waals surface area contributed by atoms with Gasteiger partial charge in [-0.1, -0.05) is 60.1 Å². The van der Waals surface area contributed by atoms with Crippen LogP contribution < -0.4 is 5.32 Å². The van der Waals surface area contributed by atoms with E-state index in [2.05, 4.69) is 20.8 Å². The molecule has 28 heavy (non-hydrogen) atoms. The fraction of sp³-hybridized carbons (Fsp3) is 0.0476. The SMILES string of the molecule is O=C(c1ccccc1)c1cc(Cl)ccc1NCc1nnnn1-c1ccccc1. The lowest BCUT2D eigenvalue weighted by molar-refractivity contribution is 0.103. The summed E-state index contributed by atoms with van der Waals surface area (Å²) in [5, 5.41) is 15.7. The van der Waals surface area contributed by atoms with E-state index >= 15 is 0 Å². The predicted octanol–water partition coefficient (Wildman–Crippen LogP) is 4.16. The Labute approximate surface area is 166 Å². The first kappa shape index (κ1) is 17.9. The molecule has 1 heterocycles. The van der Waals surface area contributed by atoms with Gasteiger partial charge in [-0.25, -0.2) is 0 Å². The summed E-state index contributed by atoms with van der Waals surface area (Å²) in [6, 6.07) is 23.9. The number of aromatic nitrogens is 4. The minimum absolute atomic E-state index is 0.103. The Morgan fingerprint density at radius 3 is 2.43 bits per heavy atom. The van der Waals surface area contributed by atoms with Crippen LogP contribution in [-0.4, -0.2) is 26.0 Å². The molecule has 0 aliphatic heterocycles. The van der Waals surface area contributed by atoms with E-state index in [9.17, 15) is 4.79 Å². The number of nitrogens with zero attached hydrogens (tertiary/aromatic N) is 4. The summed E-state index contributed by atoms with van der Waals surface area (Å²) >= 11 is 6.14. The smallest absolute Gasteiger partial charge is 0.195 e. The molecule has 1 N–H and O–H groups in total. The van der Waals surface area contributed by atoms with E-state index in [-0.39, 0.29) is 5.78 Å². The third-order valence-electron chi connectivity index (χ3n) is 4.23. The zero-order valence-electron chi connectivity index (χ0n) is 14.8. The van der Waals surface area contributed by atoms with Crippen molar-refractivity contribution < 1.29 is 4.79 Å². The molecule has 0 fully saturated rings. The maximum atomic E-state index is 12.9. The lowest BCUT2D eigenvalue weighted by Gasteiger charge is -2.12. The number of halogens is 1. The second-order valence-corrected chi connectivity index (χ2v) is 6.52. The quantitative estimate of drug-likeness (QED) is 0.501. The topological polar surface area (TPSA) is 72.7 Å². The Hall–Kier alpha value is -3.51. The summed E-state index contributed by atoms with van der Waals surface area (Å²) in [7, 11) is 0. The van der Waals surface area contributed by atoms with Gasteiger partial charge in [0.1, 0.15) is 0 Å². The number of ketones is 1. The van der Waals surface area contributed by atoms with Crippen LogP contribution in [0.2, 0.25) is 5.02 Å². The first-order valence-electron chi connectivity index (χ1n) is 8.68. The fourth-order valence-corrected chi connectivity index (χ4v) is 3.04. The van der Waals surface area contributed by atoms with Crippen molar-refractivity contribution >= 4 is 23.1 Å². The number of hydrogen-bond acceptors (Lipinski definition) is 5. The van der Waals surface area contributed by atoms with Crippen LogP contribution in [0.15, 0.2) is 78.9 Å². The van der Waals surface area contributed by atoms with Crippen molar-refractivity contribution in [1.29, 1.82) is 0 Å². The Kier molecular flexibility index (Phi) is 5.12. The third kappa shape index (κ3) is 3.77. The summed E-state index contributed by atoms with van der Waals surface area (Å²) in [6.07, 6.45) is 0. The van der Waals surface area contributed by atoms with Crippen molar-refractivity contribution in [2.75, 3.05) is 5.32 Å². The molecule has 0 atom stereocenters. The Morgan fingerprint density at radius 2 is 1.68 bits per heavy atom. The molecule has 1 aromatic heterocycles. The monoisotopic (exact) mass is 389 g/mol. The van der Waals surface area contributed by atoms with Crippen molar-refractivity contribution in [3.05, 3.63) is 101 Å². The number of carbonyl (C=O) groups excluding carboxylic acids is 1. The Morgan fingerprint density at radius 1 is 0.964 bits per heavy atom. The maximum Gasteiger partial charge on any atom is 0.195 e. The molecule has 4 aromatic rings. The highest BCUT2D eigenvalue weighted by Crippen LogP contribution is 2.24. The van der Waals surface area contributed by atoms with E-state index in [4.69, 9.17) is 11.6 Å². The number of benzene rings is 3. The number of tetrazole rings is 1. The average Bonchev–Trinajstić information content (AvgIpc) is 3.22. The first-order chi connectivity index (χ1) is 13.7. The number of para-hydroxylation sites is 1. The van der Waals surface area contributed by atoms with E-state index in [1.54, 1.807) is 35.0 Å². The van der Waals surface area contributed by atoms with Gasteiger partial charge in [-0.15, -0.1) is 5.10 Å². The van der Waals surface area contributed by atoms with Gasteiger partial charge in [-0.2, -0.15) is 4.68 Å². The van der Waals surface area contributed by atoms with Crippen molar-refractivity contribution in [2.45, 2.75) is 6.54 Å². The molecule has 0 aliphatic rings. The summed E-state index contributed by atoms with van der Waals surface area (Å²) in [4.78, 5) is 12.9. The van der Waals surface area contributed by atoms with E-state index in [0.717, 1.165) is 5.69 Å². The predicted molar refractivity (Wildman–Crippen MR) is 108 cm³/mol. The van der Waals surface area contributed by atoms with Gasteiger partial charge in [0, 0.05) is 21.8 Å². The van der Waals surface area contributed by atoms with E-state index in [1.165, 1.54) is 0 Å². The van der Waals surface area contributed by atoms with Crippen LogP contribution in [0.1, 0.15) is 21.7 Å². The maximum absolute atomic E-state index is 12.9. The molecule has 7 heteroatoms. The fourth-order valence-electron chi connectivity index (χ4n) is 2.86. The van der Waals surface area contributed by atoms with Crippen LogP contribution in [0.3, 0.4) is 0 Å². The van der Waals surface area contributed by atoms with Gasteiger partial charge in [0.2, 0.25) is 0 Å². The van der Waals surface area contributed by atoms with Gasteiger partial charge in [0.25, 0.3) is 0 Å². The van der Waals surface area contributed by atoms with Crippen molar-refractivity contribution in [1.82, 2.24) is 20.2 Å². The molecule has 0 unspecified atom stereocenters. The van der Waals surface area contributed by atoms with Crippen molar-refractivity contribution in [2.24, 2.45) is 0 Å². The molecular formula is C21H16ClN5O. The molecular weight excluding hydrogens is 374 g/mol. The number of anilines is 1. The number of rotatable bonds is 6. The van der Waals surface area contributed by atoms with Gasteiger partial charge in [0.15, 0.2) is 11.6 Å². The van der Waals surface area contributed by atoms with Gasteiger partial charge in [0.05, 0.1) is 12.2 Å². The molecule has 0 spiro atoms. The Bertz CT molecular complexity index is 1100. The van der Waals surface area contributed by atoms with E-state index in [0.29, 0.717) is 34.2 Å². The summed E-state index contributed by atoms with van der Waals surface area (Å²) in [6.45, 7) is 0.346. The van der Waals surface area contributed by atoms with Crippen molar-refractivity contribution in [3.8, 4) is 5.69 Å². The molecule has 0 saturated carbocycles. The molecule has 0 bridgehead atoms. The van der Waals surface area contributed by atoms with Crippen LogP contribution in [0, 0.1) is 0 Å². The summed E-state index contributed by atoms with van der Waals surface area (Å²) in [5.74, 6) is 0.521. The highest BCUT2D eigenvalue weighted by Gasteiger charge is 2.15. The zero-order valence-corrected chi connectivity index (χ0v) is 15.5.